The van der Waals surface area contributed by atoms with Crippen LogP contribution in [-0.2, 0) is 0 Å². The lowest BCUT2D eigenvalue weighted by atomic mass is 10.3. The number of aromatic nitrogens is 1. The molecule has 0 fully saturated rings. The Morgan fingerprint density at radius 1 is 1.32 bits per heavy atom. The van der Waals surface area contributed by atoms with E-state index >= 15 is 0 Å². The van der Waals surface area contributed by atoms with E-state index in [-0.39, 0.29) is 11.5 Å². The number of nitrogens with two attached hydrogens (primary N) is 1. The van der Waals surface area contributed by atoms with Crippen LogP contribution in [0.25, 0.3) is 0 Å². The van der Waals surface area contributed by atoms with Gasteiger partial charge in [-0.1, -0.05) is 5.16 Å². The fourth-order valence-corrected chi connectivity index (χ4v) is 1.59. The summed E-state index contributed by atoms with van der Waals surface area (Å²) in [6.07, 6.45) is 1.44. The zero-order chi connectivity index (χ0) is 13.8. The largest absolute Gasteiger partial charge is 0.457 e. The Morgan fingerprint density at radius 2 is 2.05 bits per heavy atom. The smallest absolute Gasteiger partial charge is 0.188 e. The van der Waals surface area contributed by atoms with Crippen molar-refractivity contribution in [1.82, 2.24) is 4.98 Å². The van der Waals surface area contributed by atoms with Gasteiger partial charge in [0.2, 0.25) is 0 Å². The maximum Gasteiger partial charge on any atom is 0.188 e. The molecule has 0 saturated carbocycles. The van der Waals surface area contributed by atoms with Crippen LogP contribution in [0.4, 0.5) is 4.39 Å². The lowest BCUT2D eigenvalue weighted by Gasteiger charge is -2.07. The van der Waals surface area contributed by atoms with Crippen LogP contribution in [0.2, 0.25) is 0 Å². The van der Waals surface area contributed by atoms with Gasteiger partial charge in [-0.2, -0.15) is 0 Å². The van der Waals surface area contributed by atoms with E-state index < -0.39 is 5.82 Å². The lowest BCUT2D eigenvalue weighted by molar-refractivity contribution is 0.318. The summed E-state index contributed by atoms with van der Waals surface area (Å²) in [5.74, 6) is 0.173. The molecule has 1 aromatic carbocycles. The molecule has 19 heavy (non-hydrogen) atoms. The molecule has 5 nitrogen and oxygen atoms in total. The molecule has 0 amide bonds. The van der Waals surface area contributed by atoms with Crippen molar-refractivity contribution in [2.45, 2.75) is 0 Å². The van der Waals surface area contributed by atoms with E-state index in [1.165, 1.54) is 24.4 Å². The van der Waals surface area contributed by atoms with Gasteiger partial charge in [0.25, 0.3) is 0 Å². The third-order valence-corrected chi connectivity index (χ3v) is 2.87. The molecule has 2 rings (SSSR count). The minimum atomic E-state index is -0.428. The van der Waals surface area contributed by atoms with Gasteiger partial charge in [-0.15, -0.1) is 0 Å². The molecule has 2 aromatic rings. The van der Waals surface area contributed by atoms with Crippen LogP contribution < -0.4 is 10.5 Å². The van der Waals surface area contributed by atoms with Crippen LogP contribution in [0.1, 0.15) is 5.69 Å². The van der Waals surface area contributed by atoms with E-state index in [0.29, 0.717) is 16.0 Å². The van der Waals surface area contributed by atoms with Crippen molar-refractivity contribution in [2.24, 2.45) is 10.9 Å². The summed E-state index contributed by atoms with van der Waals surface area (Å²) >= 11 is 3.05. The van der Waals surface area contributed by atoms with Gasteiger partial charge in [-0.05, 0) is 34.1 Å². The number of halogens is 2. The number of rotatable bonds is 3. The van der Waals surface area contributed by atoms with Crippen molar-refractivity contribution in [3.05, 3.63) is 52.5 Å². The first-order valence-electron chi connectivity index (χ1n) is 5.17. The Morgan fingerprint density at radius 3 is 2.74 bits per heavy atom. The van der Waals surface area contributed by atoms with Gasteiger partial charge in [-0.3, -0.25) is 4.98 Å². The molecule has 0 atom stereocenters. The van der Waals surface area contributed by atoms with Gasteiger partial charge in [0.1, 0.15) is 23.0 Å². The second kappa shape index (κ2) is 5.66. The summed E-state index contributed by atoms with van der Waals surface area (Å²) < 4.78 is 19.1. The van der Waals surface area contributed by atoms with Crippen LogP contribution >= 0.6 is 15.9 Å². The van der Waals surface area contributed by atoms with Crippen LogP contribution in [0.15, 0.2) is 46.2 Å². The number of pyridine rings is 1. The fraction of sp³-hybridized carbons (Fsp3) is 0. The summed E-state index contributed by atoms with van der Waals surface area (Å²) in [7, 11) is 0. The van der Waals surface area contributed by atoms with Crippen molar-refractivity contribution >= 4 is 21.8 Å². The Balaban J connectivity index is 2.26. The first-order chi connectivity index (χ1) is 9.10. The van der Waals surface area contributed by atoms with Gasteiger partial charge in [-0.25, -0.2) is 4.39 Å². The zero-order valence-corrected chi connectivity index (χ0v) is 11.1. The first-order valence-corrected chi connectivity index (χ1v) is 5.96. The first kappa shape index (κ1) is 13.3. The summed E-state index contributed by atoms with van der Waals surface area (Å²) in [6.45, 7) is 0. The lowest BCUT2D eigenvalue weighted by Crippen LogP contribution is -2.14. The number of nitrogens with zero attached hydrogens (tertiary/aromatic N) is 2. The molecule has 7 heteroatoms. The van der Waals surface area contributed by atoms with Crippen molar-refractivity contribution < 1.29 is 14.3 Å². The highest BCUT2D eigenvalue weighted by molar-refractivity contribution is 9.10. The van der Waals surface area contributed by atoms with E-state index in [2.05, 4.69) is 26.1 Å². The van der Waals surface area contributed by atoms with E-state index in [1.54, 1.807) is 12.1 Å². The minimum Gasteiger partial charge on any atom is -0.457 e. The van der Waals surface area contributed by atoms with Crippen LogP contribution in [-0.4, -0.2) is 16.0 Å². The van der Waals surface area contributed by atoms with Crippen molar-refractivity contribution in [1.29, 1.82) is 0 Å². The normalized spacial score (nSPS) is 11.4. The Kier molecular flexibility index (Phi) is 3.96. The Bertz CT molecular complexity index is 634. The predicted octanol–water partition coefficient (Wildman–Crippen LogP) is 2.87. The summed E-state index contributed by atoms with van der Waals surface area (Å²) in [5, 5.41) is 11.4. The molecular weight excluding hydrogens is 317 g/mol. The summed E-state index contributed by atoms with van der Waals surface area (Å²) in [5.41, 5.74) is 5.68. The second-order valence-corrected chi connectivity index (χ2v) is 4.39. The molecule has 0 aliphatic rings. The van der Waals surface area contributed by atoms with Crippen molar-refractivity contribution in [2.75, 3.05) is 0 Å². The summed E-state index contributed by atoms with van der Waals surface area (Å²) in [4.78, 5) is 3.91. The van der Waals surface area contributed by atoms with E-state index in [1.807, 2.05) is 0 Å². The molecular formula is C12H9BrFN3O2. The molecule has 0 spiro atoms. The third-order valence-electron chi connectivity index (χ3n) is 2.23. The predicted molar refractivity (Wildman–Crippen MR) is 70.9 cm³/mol. The second-order valence-electron chi connectivity index (χ2n) is 3.54. The highest BCUT2D eigenvalue weighted by Gasteiger charge is 2.06. The molecule has 0 aliphatic heterocycles. The topological polar surface area (TPSA) is 80.7 Å². The fourth-order valence-electron chi connectivity index (χ4n) is 1.34. The standard InChI is InChI=1S/C12H9BrFN3O2/c13-9-2-1-7(5-10(9)14)19-8-3-4-16-11(6-8)12(15)17-18/h1-6,18H,(H2,15,17). The number of amidine groups is 1. The Hall–Kier alpha value is -2.15. The van der Waals surface area contributed by atoms with E-state index in [0.717, 1.165) is 0 Å². The minimum absolute atomic E-state index is 0.132. The zero-order valence-electron chi connectivity index (χ0n) is 9.55. The van der Waals surface area contributed by atoms with Crippen molar-refractivity contribution in [3.63, 3.8) is 0 Å². The van der Waals surface area contributed by atoms with Crippen molar-refractivity contribution in [3.8, 4) is 11.5 Å². The van der Waals surface area contributed by atoms with Gasteiger partial charge >= 0.3 is 0 Å². The van der Waals surface area contributed by atoms with Crippen LogP contribution in [0, 0.1) is 5.82 Å². The van der Waals surface area contributed by atoms with Gasteiger partial charge < -0.3 is 15.7 Å². The van der Waals surface area contributed by atoms with Gasteiger partial charge in [0, 0.05) is 18.3 Å². The number of oxime groups is 1. The molecule has 1 aromatic heterocycles. The van der Waals surface area contributed by atoms with Gasteiger partial charge in [0.15, 0.2) is 5.84 Å². The molecule has 3 N–H and O–H groups in total. The molecule has 0 radical (unpaired) electrons. The summed E-state index contributed by atoms with van der Waals surface area (Å²) in [6, 6.07) is 7.45. The quantitative estimate of drug-likeness (QED) is 0.393. The number of hydrogen-bond acceptors (Lipinski definition) is 4. The third kappa shape index (κ3) is 3.19. The molecule has 0 aliphatic carbocycles. The number of ether oxygens (including phenoxy) is 1. The number of hydrogen-bond donors (Lipinski definition) is 2. The molecule has 0 bridgehead atoms. The molecule has 1 heterocycles. The van der Waals surface area contributed by atoms with E-state index in [4.69, 9.17) is 15.7 Å². The maximum absolute atomic E-state index is 13.3. The van der Waals surface area contributed by atoms with Crippen LogP contribution in [0.3, 0.4) is 0 Å². The highest BCUT2D eigenvalue weighted by Crippen LogP contribution is 2.25. The number of benzene rings is 1. The molecule has 0 saturated heterocycles. The average Bonchev–Trinajstić information content (AvgIpc) is 2.42. The average molecular weight is 326 g/mol. The maximum atomic E-state index is 13.3. The monoisotopic (exact) mass is 325 g/mol. The Labute approximate surface area is 116 Å². The van der Waals surface area contributed by atoms with Gasteiger partial charge in [0.05, 0.1) is 4.47 Å². The SMILES string of the molecule is NC(=NO)c1cc(Oc2ccc(Br)c(F)c2)ccn1. The van der Waals surface area contributed by atoms with E-state index in [9.17, 15) is 4.39 Å². The van der Waals surface area contributed by atoms with Crippen LogP contribution in [0.5, 0.6) is 11.5 Å². The highest BCUT2D eigenvalue weighted by atomic mass is 79.9. The molecule has 0 unspecified atom stereocenters. The molecule has 98 valence electrons.